The lowest BCUT2D eigenvalue weighted by atomic mass is 10.2. The summed E-state index contributed by atoms with van der Waals surface area (Å²) in [7, 11) is 0. The second kappa shape index (κ2) is 4.39. The van der Waals surface area contributed by atoms with Gasteiger partial charge in [-0.05, 0) is 6.07 Å². The van der Waals surface area contributed by atoms with Crippen molar-refractivity contribution < 1.29 is 20.2 Å². The highest BCUT2D eigenvalue weighted by Crippen LogP contribution is 2.26. The lowest BCUT2D eigenvalue weighted by Crippen LogP contribution is -2.38. The second-order valence-corrected chi connectivity index (χ2v) is 3.59. The van der Waals surface area contributed by atoms with Gasteiger partial charge < -0.3 is 20.7 Å². The number of ether oxygens (including phenoxy) is 1. The molecular formula is C8H11N4O5. The fraction of sp³-hybridized carbons (Fsp3) is 0.500. The zero-order valence-corrected chi connectivity index (χ0v) is 8.56. The van der Waals surface area contributed by atoms with Crippen molar-refractivity contribution in [3.8, 4) is 0 Å². The number of rotatable bonds is 2. The third kappa shape index (κ3) is 2.01. The number of nitrogens with two attached hydrogens (primary N) is 1. The van der Waals surface area contributed by atoms with Crippen molar-refractivity contribution in [3.05, 3.63) is 22.7 Å². The van der Waals surface area contributed by atoms with E-state index in [9.17, 15) is 20.2 Å². The van der Waals surface area contributed by atoms with Gasteiger partial charge in [0.25, 0.3) is 0 Å². The van der Waals surface area contributed by atoms with E-state index in [0.717, 1.165) is 4.57 Å². The first-order valence-electron chi connectivity index (χ1n) is 4.78. The van der Waals surface area contributed by atoms with Gasteiger partial charge in [0.2, 0.25) is 0 Å². The summed E-state index contributed by atoms with van der Waals surface area (Å²) in [5.74, 6) is 0.0257. The van der Waals surface area contributed by atoms with Crippen LogP contribution in [-0.2, 0) is 9.94 Å². The van der Waals surface area contributed by atoms with E-state index in [2.05, 4.69) is 4.98 Å². The number of aromatic nitrogens is 2. The average molecular weight is 243 g/mol. The Kier molecular flexibility index (Phi) is 3.09. The zero-order chi connectivity index (χ0) is 12.6. The number of nitrogens with one attached hydrogen (secondary N) is 1. The summed E-state index contributed by atoms with van der Waals surface area (Å²) in [5.41, 5.74) is 5.99. The summed E-state index contributed by atoms with van der Waals surface area (Å²) in [6.45, 7) is 0. The molecule has 1 aliphatic rings. The summed E-state index contributed by atoms with van der Waals surface area (Å²) in [6.07, 6.45) is -4.05. The van der Waals surface area contributed by atoms with Gasteiger partial charge in [-0.3, -0.25) is 4.57 Å². The molecule has 4 atom stereocenters. The van der Waals surface area contributed by atoms with E-state index in [1.165, 1.54) is 17.7 Å². The molecule has 0 unspecified atom stereocenters. The molecular weight excluding hydrogens is 232 g/mol. The molecule has 1 aromatic heterocycles. The van der Waals surface area contributed by atoms with Crippen LogP contribution in [0.15, 0.2) is 17.1 Å². The molecule has 0 aliphatic carbocycles. The summed E-state index contributed by atoms with van der Waals surface area (Å²) in [5, 5.41) is 29.5. The molecule has 2 heterocycles. The van der Waals surface area contributed by atoms with Crippen LogP contribution in [-0.4, -0.2) is 38.2 Å². The highest BCUT2D eigenvalue weighted by Gasteiger charge is 2.44. The van der Waals surface area contributed by atoms with E-state index in [4.69, 9.17) is 10.5 Å². The SMILES string of the molecule is Nc1ccn([C@@H]2O[C@H](N[O])[C@@H](O)[C@H]2O)c(=O)n1. The number of hydrogen-bond donors (Lipinski definition) is 4. The van der Waals surface area contributed by atoms with Gasteiger partial charge in [-0.2, -0.15) is 4.98 Å². The number of anilines is 1. The molecule has 2 rings (SSSR count). The van der Waals surface area contributed by atoms with Gasteiger partial charge in [0.1, 0.15) is 18.0 Å². The van der Waals surface area contributed by atoms with Gasteiger partial charge >= 0.3 is 5.69 Å². The van der Waals surface area contributed by atoms with Crippen molar-refractivity contribution >= 4 is 5.82 Å². The Morgan fingerprint density at radius 1 is 1.47 bits per heavy atom. The summed E-state index contributed by atoms with van der Waals surface area (Å²) in [4.78, 5) is 14.9. The van der Waals surface area contributed by atoms with Crippen LogP contribution in [0.25, 0.3) is 0 Å². The molecule has 17 heavy (non-hydrogen) atoms. The lowest BCUT2D eigenvalue weighted by molar-refractivity contribution is -0.121. The predicted molar refractivity (Wildman–Crippen MR) is 52.7 cm³/mol. The molecule has 1 fully saturated rings. The summed E-state index contributed by atoms with van der Waals surface area (Å²) in [6, 6.07) is 1.34. The maximum Gasteiger partial charge on any atom is 0.351 e. The van der Waals surface area contributed by atoms with Gasteiger partial charge in [-0.25, -0.2) is 4.79 Å². The summed E-state index contributed by atoms with van der Waals surface area (Å²) < 4.78 is 5.95. The normalized spacial score (nSPS) is 32.9. The number of hydroxylamine groups is 1. The fourth-order valence-electron chi connectivity index (χ4n) is 1.61. The Bertz CT molecular complexity index is 463. The van der Waals surface area contributed by atoms with E-state index in [0.29, 0.717) is 0 Å². The summed E-state index contributed by atoms with van der Waals surface area (Å²) >= 11 is 0. The second-order valence-electron chi connectivity index (χ2n) is 3.59. The topological polar surface area (TPSA) is 143 Å². The van der Waals surface area contributed by atoms with E-state index < -0.39 is 30.4 Å². The van der Waals surface area contributed by atoms with E-state index in [-0.39, 0.29) is 5.82 Å². The van der Waals surface area contributed by atoms with Gasteiger partial charge in [-0.1, -0.05) is 0 Å². The van der Waals surface area contributed by atoms with Gasteiger partial charge in [0.15, 0.2) is 12.5 Å². The zero-order valence-electron chi connectivity index (χ0n) is 8.56. The van der Waals surface area contributed by atoms with Crippen molar-refractivity contribution in [2.45, 2.75) is 24.7 Å². The lowest BCUT2D eigenvalue weighted by Gasteiger charge is -2.16. The molecule has 9 nitrogen and oxygen atoms in total. The van der Waals surface area contributed by atoms with Crippen LogP contribution >= 0.6 is 0 Å². The molecule has 9 heteroatoms. The molecule has 1 aromatic rings. The van der Waals surface area contributed by atoms with Crippen LogP contribution in [0.4, 0.5) is 5.82 Å². The molecule has 1 radical (unpaired) electrons. The van der Waals surface area contributed by atoms with Crippen LogP contribution < -0.4 is 16.9 Å². The Morgan fingerprint density at radius 3 is 2.71 bits per heavy atom. The smallest absolute Gasteiger partial charge is 0.351 e. The standard InChI is InChI=1S/C8H11N4O5/c9-3-1-2-12(8(15)10-3)7-5(14)4(13)6(11-16)17-7/h1-2,4-7,11,13-14H,(H2,9,10,15)/t4-,5+,6-,7+/m0/s1. The minimum Gasteiger partial charge on any atom is -0.386 e. The van der Waals surface area contributed by atoms with Crippen molar-refractivity contribution in [1.82, 2.24) is 15.0 Å². The van der Waals surface area contributed by atoms with Crippen molar-refractivity contribution in [2.24, 2.45) is 0 Å². The molecule has 1 aliphatic heterocycles. The molecule has 0 amide bonds. The molecule has 0 aromatic carbocycles. The van der Waals surface area contributed by atoms with Crippen LogP contribution in [0.1, 0.15) is 6.23 Å². The third-order valence-electron chi connectivity index (χ3n) is 2.48. The van der Waals surface area contributed by atoms with Gasteiger partial charge in [0, 0.05) is 6.20 Å². The van der Waals surface area contributed by atoms with Crippen LogP contribution in [0, 0.1) is 0 Å². The predicted octanol–water partition coefficient (Wildman–Crippen LogP) is -2.66. The first-order chi connectivity index (χ1) is 8.04. The molecule has 0 spiro atoms. The first-order valence-corrected chi connectivity index (χ1v) is 4.78. The Balaban J connectivity index is 2.32. The Hall–Kier alpha value is -1.52. The molecule has 0 bridgehead atoms. The van der Waals surface area contributed by atoms with E-state index in [1.807, 2.05) is 0 Å². The Labute approximate surface area is 95.0 Å². The monoisotopic (exact) mass is 243 g/mol. The number of nitrogens with zero attached hydrogens (tertiary/aromatic N) is 2. The van der Waals surface area contributed by atoms with Gasteiger partial charge in [-0.15, -0.1) is 10.7 Å². The molecule has 0 saturated carbocycles. The number of nitrogen functional groups attached to an aromatic ring is 1. The molecule has 1 saturated heterocycles. The number of aliphatic hydroxyl groups excluding tert-OH is 2. The first kappa shape index (κ1) is 12.0. The third-order valence-corrected chi connectivity index (χ3v) is 2.48. The Morgan fingerprint density at radius 2 is 2.18 bits per heavy atom. The maximum atomic E-state index is 11.5. The maximum absolute atomic E-state index is 11.5. The van der Waals surface area contributed by atoms with Crippen molar-refractivity contribution in [1.29, 1.82) is 0 Å². The highest BCUT2D eigenvalue weighted by molar-refractivity contribution is 5.23. The van der Waals surface area contributed by atoms with Crippen LogP contribution in [0.2, 0.25) is 0 Å². The van der Waals surface area contributed by atoms with Crippen LogP contribution in [0.5, 0.6) is 0 Å². The van der Waals surface area contributed by atoms with Crippen molar-refractivity contribution in [3.63, 3.8) is 0 Å². The number of hydrogen-bond acceptors (Lipinski definition) is 7. The van der Waals surface area contributed by atoms with Crippen LogP contribution in [0.3, 0.4) is 0 Å². The quantitative estimate of drug-likeness (QED) is 0.415. The molecule has 93 valence electrons. The van der Waals surface area contributed by atoms with Gasteiger partial charge in [0.05, 0.1) is 0 Å². The largest absolute Gasteiger partial charge is 0.386 e. The fourth-order valence-corrected chi connectivity index (χ4v) is 1.61. The van der Waals surface area contributed by atoms with E-state index >= 15 is 0 Å². The molecule has 5 N–H and O–H groups in total. The highest BCUT2D eigenvalue weighted by atomic mass is 16.6. The average Bonchev–Trinajstić information content (AvgIpc) is 2.57. The minimum absolute atomic E-state index is 0.0257. The number of aliphatic hydroxyl groups is 2. The minimum atomic E-state index is -1.43. The van der Waals surface area contributed by atoms with Crippen molar-refractivity contribution in [2.75, 3.05) is 5.73 Å². The van der Waals surface area contributed by atoms with E-state index in [1.54, 1.807) is 0 Å².